The van der Waals surface area contributed by atoms with Crippen LogP contribution >= 0.6 is 11.8 Å². The molecule has 4 nitrogen and oxygen atoms in total. The number of carboxylic acid groups (broad SMARTS) is 1. The summed E-state index contributed by atoms with van der Waals surface area (Å²) in [5, 5.41) is 8.98. The Hall–Kier alpha value is 0.536. The molecule has 0 saturated carbocycles. The molecule has 0 atom stereocenters. The number of hydrogen-bond donors (Lipinski definition) is 1. The van der Waals surface area contributed by atoms with E-state index in [-0.39, 0.29) is 58.5 Å². The maximum atomic E-state index is 10.4. The van der Waals surface area contributed by atoms with Crippen LogP contribution in [0.15, 0.2) is 17.4 Å². The predicted octanol–water partition coefficient (Wildman–Crippen LogP) is -1.99. The molecule has 0 aliphatic heterocycles. The average molecular weight is 210 g/mol. The molecule has 1 aromatic rings. The van der Waals surface area contributed by atoms with Crippen LogP contribution in [0.25, 0.3) is 0 Å². The quantitative estimate of drug-likeness (QED) is 0.348. The van der Waals surface area contributed by atoms with Gasteiger partial charge in [0, 0.05) is 6.20 Å². The zero-order valence-corrected chi connectivity index (χ0v) is 10.8. The van der Waals surface area contributed by atoms with Gasteiger partial charge in [-0.2, -0.15) is 0 Å². The zero-order valence-electron chi connectivity index (χ0n) is 7.81. The van der Waals surface area contributed by atoms with Gasteiger partial charge in [-0.3, -0.25) is 0 Å². The molecule has 0 unspecified atom stereocenters. The number of rotatable bonds is 2. The fourth-order valence-electron chi connectivity index (χ4n) is 0.558. The first kappa shape index (κ1) is 12.5. The molecule has 12 heavy (non-hydrogen) atoms. The van der Waals surface area contributed by atoms with Crippen LogP contribution in [-0.4, -0.2) is 27.3 Å². The number of aromatic carboxylic acids is 1. The van der Waals surface area contributed by atoms with Crippen LogP contribution in [0.3, 0.4) is 0 Å². The van der Waals surface area contributed by atoms with Gasteiger partial charge in [0.05, 0.1) is 0 Å². The predicted molar refractivity (Wildman–Crippen MR) is 41.9 cm³/mol. The molecule has 0 spiro atoms. The Kier molecular flexibility index (Phi) is 6.33. The van der Waals surface area contributed by atoms with Crippen molar-refractivity contribution in [1.82, 2.24) is 9.97 Å². The van der Waals surface area contributed by atoms with Gasteiger partial charge in [-0.1, -0.05) is 11.8 Å². The second-order valence-corrected chi connectivity index (χ2v) is 2.51. The summed E-state index contributed by atoms with van der Waals surface area (Å²) >= 11 is 1.31. The Morgan fingerprint density at radius 2 is 2.42 bits per heavy atom. The van der Waals surface area contributed by atoms with E-state index in [0.717, 1.165) is 0 Å². The van der Waals surface area contributed by atoms with Crippen LogP contribution in [0.2, 0.25) is 0 Å². The average Bonchev–Trinajstić information content (AvgIpc) is 2.05. The minimum atomic E-state index is -1.03. The van der Waals surface area contributed by atoms with Crippen molar-refractivity contribution in [1.29, 1.82) is 0 Å². The third-order valence-corrected chi connectivity index (χ3v) is 1.60. The first-order valence-corrected chi connectivity index (χ1v) is 4.07. The van der Waals surface area contributed by atoms with Gasteiger partial charge in [0.2, 0.25) is 0 Å². The number of carboxylic acids is 1. The second-order valence-electron chi connectivity index (χ2n) is 1.73. The third-order valence-electron chi connectivity index (χ3n) is 1.04. The SMILES string of the molecule is CSc1nccc(C(=O)O)n1.[H-].[K+]. The smallest absolute Gasteiger partial charge is 1.00 e. The van der Waals surface area contributed by atoms with E-state index in [0.29, 0.717) is 5.16 Å². The number of hydrogen-bond acceptors (Lipinski definition) is 4. The van der Waals surface area contributed by atoms with E-state index in [1.807, 2.05) is 0 Å². The maximum Gasteiger partial charge on any atom is 1.00 e. The molecule has 0 aliphatic carbocycles. The van der Waals surface area contributed by atoms with Crippen LogP contribution < -0.4 is 51.4 Å². The van der Waals surface area contributed by atoms with Crippen molar-refractivity contribution in [3.63, 3.8) is 0 Å². The van der Waals surface area contributed by atoms with Gasteiger partial charge in [-0.05, 0) is 12.3 Å². The molecule has 1 heterocycles. The summed E-state index contributed by atoms with van der Waals surface area (Å²) in [5.41, 5.74) is 0.0318. The number of carbonyl (C=O) groups is 1. The molecular weight excluding hydrogens is 203 g/mol. The second kappa shape index (κ2) is 6.06. The van der Waals surface area contributed by atoms with Gasteiger partial charge in [-0.15, -0.1) is 0 Å². The van der Waals surface area contributed by atoms with Gasteiger partial charge in [-0.25, -0.2) is 14.8 Å². The molecule has 0 aromatic carbocycles. The number of aromatic nitrogens is 2. The summed E-state index contributed by atoms with van der Waals surface area (Å²) in [4.78, 5) is 17.9. The molecule has 0 amide bonds. The largest absolute Gasteiger partial charge is 1.00 e. The molecule has 0 saturated heterocycles. The molecule has 1 rings (SSSR count). The molecule has 0 fully saturated rings. The van der Waals surface area contributed by atoms with E-state index in [9.17, 15) is 4.79 Å². The van der Waals surface area contributed by atoms with Crippen molar-refractivity contribution in [3.05, 3.63) is 18.0 Å². The molecule has 0 bridgehead atoms. The van der Waals surface area contributed by atoms with Crippen LogP contribution in [0, 0.1) is 0 Å². The first-order chi connectivity index (χ1) is 5.24. The van der Waals surface area contributed by atoms with E-state index in [1.165, 1.54) is 24.0 Å². The molecule has 0 aliphatic rings. The zero-order chi connectivity index (χ0) is 8.27. The van der Waals surface area contributed by atoms with Crippen molar-refractivity contribution in [2.45, 2.75) is 5.16 Å². The number of thioether (sulfide) groups is 1. The first-order valence-electron chi connectivity index (χ1n) is 2.84. The molecule has 6 heteroatoms. The number of nitrogens with zero attached hydrogens (tertiary/aromatic N) is 2. The minimum Gasteiger partial charge on any atom is -1.00 e. The van der Waals surface area contributed by atoms with Crippen LogP contribution in [0.4, 0.5) is 0 Å². The van der Waals surface area contributed by atoms with Crippen LogP contribution in [0.1, 0.15) is 11.9 Å². The maximum absolute atomic E-state index is 10.4. The standard InChI is InChI=1S/C6H6N2O2S.K.H/c1-11-6-7-3-2-4(8-6)5(9)10;;/h2-3H,1H3,(H,9,10);;/q;+1;-1. The summed E-state index contributed by atoms with van der Waals surface area (Å²) in [7, 11) is 0. The van der Waals surface area contributed by atoms with Crippen LogP contribution in [0.5, 0.6) is 0 Å². The molecule has 60 valence electrons. The Bertz CT molecular complexity index is 287. The monoisotopic (exact) mass is 210 g/mol. The summed E-state index contributed by atoms with van der Waals surface area (Å²) in [6.45, 7) is 0. The fourth-order valence-corrected chi connectivity index (χ4v) is 0.914. The Labute approximate surface area is 118 Å². The summed E-state index contributed by atoms with van der Waals surface area (Å²) in [5.74, 6) is -1.03. The van der Waals surface area contributed by atoms with Crippen LogP contribution in [-0.2, 0) is 0 Å². The van der Waals surface area contributed by atoms with Crippen molar-refractivity contribution in [2.24, 2.45) is 0 Å². The Morgan fingerprint density at radius 3 is 2.92 bits per heavy atom. The minimum absolute atomic E-state index is 0. The molecule has 0 radical (unpaired) electrons. The van der Waals surface area contributed by atoms with Crippen molar-refractivity contribution in [3.8, 4) is 0 Å². The molecule has 1 aromatic heterocycles. The Balaban J connectivity index is 0. The van der Waals surface area contributed by atoms with Crippen molar-refractivity contribution >= 4 is 17.7 Å². The van der Waals surface area contributed by atoms with Crippen molar-refractivity contribution < 1.29 is 62.7 Å². The third kappa shape index (κ3) is 3.50. The van der Waals surface area contributed by atoms with Crippen molar-refractivity contribution in [2.75, 3.05) is 6.26 Å². The van der Waals surface area contributed by atoms with E-state index in [1.54, 1.807) is 6.26 Å². The summed E-state index contributed by atoms with van der Waals surface area (Å²) < 4.78 is 0. The molecule has 1 N–H and O–H groups in total. The van der Waals surface area contributed by atoms with Gasteiger partial charge >= 0.3 is 57.4 Å². The summed E-state index contributed by atoms with van der Waals surface area (Å²) in [6.07, 6.45) is 3.23. The van der Waals surface area contributed by atoms with E-state index >= 15 is 0 Å². The molecular formula is C6H7KN2O2S. The topological polar surface area (TPSA) is 63.1 Å². The van der Waals surface area contributed by atoms with E-state index < -0.39 is 5.97 Å². The van der Waals surface area contributed by atoms with Gasteiger partial charge in [0.15, 0.2) is 10.9 Å². The van der Waals surface area contributed by atoms with E-state index in [4.69, 9.17) is 5.11 Å². The van der Waals surface area contributed by atoms with Gasteiger partial charge < -0.3 is 6.53 Å². The fraction of sp³-hybridized carbons (Fsp3) is 0.167. The summed E-state index contributed by atoms with van der Waals surface area (Å²) in [6, 6.07) is 1.36. The van der Waals surface area contributed by atoms with Gasteiger partial charge in [0.25, 0.3) is 0 Å². The normalized spacial score (nSPS) is 8.75. The van der Waals surface area contributed by atoms with E-state index in [2.05, 4.69) is 9.97 Å². The van der Waals surface area contributed by atoms with Gasteiger partial charge in [0.1, 0.15) is 0 Å². The Morgan fingerprint density at radius 1 is 1.75 bits per heavy atom.